The lowest BCUT2D eigenvalue weighted by molar-refractivity contribution is 0.0756. The average Bonchev–Trinajstić information content (AvgIpc) is 3.16. The summed E-state index contributed by atoms with van der Waals surface area (Å²) in [4.78, 5) is 38.1. The van der Waals surface area contributed by atoms with Crippen LogP contribution in [0.5, 0.6) is 0 Å². The highest BCUT2D eigenvalue weighted by atomic mass is 16.3. The molecule has 1 aromatic heterocycles. The minimum atomic E-state index is -0.448. The van der Waals surface area contributed by atoms with Crippen LogP contribution in [0.3, 0.4) is 0 Å². The summed E-state index contributed by atoms with van der Waals surface area (Å²) in [6.07, 6.45) is 1.61. The van der Waals surface area contributed by atoms with E-state index in [0.29, 0.717) is 29.6 Å². The number of carbonyl (C=O) groups excluding carboxylic acids is 2. The van der Waals surface area contributed by atoms with Crippen LogP contribution in [0.15, 0.2) is 63.8 Å². The summed E-state index contributed by atoms with van der Waals surface area (Å²) < 4.78 is 5.67. The summed E-state index contributed by atoms with van der Waals surface area (Å²) in [6.45, 7) is 1.19. The number of primary amides is 1. The van der Waals surface area contributed by atoms with Gasteiger partial charge in [0.15, 0.2) is 11.2 Å². The molecule has 1 fully saturated rings. The van der Waals surface area contributed by atoms with Crippen molar-refractivity contribution in [3.8, 4) is 0 Å². The maximum atomic E-state index is 12.8. The normalized spacial score (nSPS) is 16.4. The highest BCUT2D eigenvalue weighted by molar-refractivity contribution is 5.93. The fourth-order valence-corrected chi connectivity index (χ4v) is 3.73. The molecule has 2 amide bonds. The van der Waals surface area contributed by atoms with Gasteiger partial charge in [-0.15, -0.1) is 0 Å². The largest absolute Gasteiger partial charge is 0.451 e. The zero-order chi connectivity index (χ0) is 19.7. The van der Waals surface area contributed by atoms with Gasteiger partial charge in [0.25, 0.3) is 5.91 Å². The molecule has 6 nitrogen and oxygen atoms in total. The smallest absolute Gasteiger partial charge is 0.289 e. The molecule has 0 spiro atoms. The van der Waals surface area contributed by atoms with Crippen LogP contribution in [-0.2, 0) is 6.42 Å². The van der Waals surface area contributed by atoms with Gasteiger partial charge in [0, 0.05) is 24.7 Å². The van der Waals surface area contributed by atoms with Crippen molar-refractivity contribution in [2.24, 2.45) is 11.7 Å². The molecule has 0 unspecified atom stereocenters. The van der Waals surface area contributed by atoms with Gasteiger partial charge in [0.05, 0.1) is 5.39 Å². The van der Waals surface area contributed by atoms with E-state index in [0.717, 1.165) is 18.4 Å². The van der Waals surface area contributed by atoms with E-state index in [9.17, 15) is 14.4 Å². The van der Waals surface area contributed by atoms with Gasteiger partial charge in [-0.1, -0.05) is 24.3 Å². The summed E-state index contributed by atoms with van der Waals surface area (Å²) >= 11 is 0. The SMILES string of the molecule is NC(=O)c1cccc(C[C@H]2CCN(C(=O)c3cc(=O)c4ccccc4o3)C2)c1. The Morgan fingerprint density at radius 2 is 1.93 bits per heavy atom. The molecule has 4 rings (SSSR count). The molecular weight excluding hydrogens is 356 g/mol. The van der Waals surface area contributed by atoms with Crippen LogP contribution in [0.4, 0.5) is 0 Å². The van der Waals surface area contributed by atoms with E-state index in [2.05, 4.69) is 0 Å². The Bertz CT molecular complexity index is 1120. The van der Waals surface area contributed by atoms with Crippen molar-refractivity contribution in [3.05, 3.63) is 81.7 Å². The molecule has 3 aromatic rings. The van der Waals surface area contributed by atoms with E-state index in [1.165, 1.54) is 6.07 Å². The average molecular weight is 376 g/mol. The van der Waals surface area contributed by atoms with Gasteiger partial charge in [-0.3, -0.25) is 14.4 Å². The van der Waals surface area contributed by atoms with Gasteiger partial charge in [0.2, 0.25) is 5.91 Å². The minimum Gasteiger partial charge on any atom is -0.451 e. The first-order valence-electron chi connectivity index (χ1n) is 9.22. The predicted molar refractivity (Wildman–Crippen MR) is 105 cm³/mol. The number of fused-ring (bicyclic) bond motifs is 1. The number of hydrogen-bond acceptors (Lipinski definition) is 4. The third-order valence-electron chi connectivity index (χ3n) is 5.15. The quantitative estimate of drug-likeness (QED) is 0.757. The van der Waals surface area contributed by atoms with E-state index < -0.39 is 5.91 Å². The third kappa shape index (κ3) is 3.53. The second kappa shape index (κ2) is 7.31. The van der Waals surface area contributed by atoms with Crippen LogP contribution >= 0.6 is 0 Å². The molecule has 1 aliphatic rings. The van der Waals surface area contributed by atoms with Crippen LogP contribution in [0, 0.1) is 5.92 Å². The Labute approximate surface area is 161 Å². The molecule has 28 heavy (non-hydrogen) atoms. The molecule has 0 aliphatic carbocycles. The lowest BCUT2D eigenvalue weighted by Gasteiger charge is -2.16. The van der Waals surface area contributed by atoms with Gasteiger partial charge in [-0.2, -0.15) is 0 Å². The zero-order valence-corrected chi connectivity index (χ0v) is 15.3. The fourth-order valence-electron chi connectivity index (χ4n) is 3.73. The summed E-state index contributed by atoms with van der Waals surface area (Å²) in [6, 6.07) is 15.4. The molecule has 0 bridgehead atoms. The highest BCUT2D eigenvalue weighted by Gasteiger charge is 2.28. The van der Waals surface area contributed by atoms with Crippen LogP contribution in [0.25, 0.3) is 11.0 Å². The summed E-state index contributed by atoms with van der Waals surface area (Å²) in [5.74, 6) is -0.369. The summed E-state index contributed by atoms with van der Waals surface area (Å²) in [7, 11) is 0. The Balaban J connectivity index is 1.48. The Kier molecular flexibility index (Phi) is 4.69. The Hall–Kier alpha value is -3.41. The molecule has 142 valence electrons. The molecule has 6 heteroatoms. The van der Waals surface area contributed by atoms with Gasteiger partial charge >= 0.3 is 0 Å². The lowest BCUT2D eigenvalue weighted by atomic mass is 9.97. The summed E-state index contributed by atoms with van der Waals surface area (Å²) in [5.41, 5.74) is 7.05. The first-order valence-corrected chi connectivity index (χ1v) is 9.22. The van der Waals surface area contributed by atoms with Gasteiger partial charge in [-0.25, -0.2) is 0 Å². The number of para-hydroxylation sites is 1. The molecule has 2 heterocycles. The van der Waals surface area contributed by atoms with Crippen molar-refractivity contribution >= 4 is 22.8 Å². The lowest BCUT2D eigenvalue weighted by Crippen LogP contribution is -2.29. The van der Waals surface area contributed by atoms with Crippen molar-refractivity contribution in [2.75, 3.05) is 13.1 Å². The van der Waals surface area contributed by atoms with E-state index in [1.54, 1.807) is 41.3 Å². The number of benzene rings is 2. The van der Waals surface area contributed by atoms with Crippen molar-refractivity contribution in [2.45, 2.75) is 12.8 Å². The molecule has 1 saturated heterocycles. The van der Waals surface area contributed by atoms with Gasteiger partial charge < -0.3 is 15.1 Å². The van der Waals surface area contributed by atoms with E-state index in [-0.39, 0.29) is 23.0 Å². The van der Waals surface area contributed by atoms with Crippen molar-refractivity contribution in [3.63, 3.8) is 0 Å². The number of hydrogen-bond donors (Lipinski definition) is 1. The molecular formula is C22H20N2O4. The molecule has 1 atom stereocenters. The number of carbonyl (C=O) groups is 2. The van der Waals surface area contributed by atoms with Crippen LogP contribution in [0.2, 0.25) is 0 Å². The Morgan fingerprint density at radius 3 is 2.75 bits per heavy atom. The molecule has 2 N–H and O–H groups in total. The maximum absolute atomic E-state index is 12.8. The minimum absolute atomic E-state index is 0.0695. The first-order chi connectivity index (χ1) is 13.5. The second-order valence-corrected chi connectivity index (χ2v) is 7.15. The topological polar surface area (TPSA) is 93.6 Å². The molecule has 0 saturated carbocycles. The molecule has 0 radical (unpaired) electrons. The first kappa shape index (κ1) is 18.0. The standard InChI is InChI=1S/C22H20N2O4/c23-21(26)16-5-3-4-14(11-16)10-15-8-9-24(13-15)22(27)20-12-18(25)17-6-1-2-7-19(17)28-20/h1-7,11-12,15H,8-10,13H2,(H2,23,26)/t15-/m1/s1. The molecule has 1 aliphatic heterocycles. The Morgan fingerprint density at radius 1 is 1.11 bits per heavy atom. The predicted octanol–water partition coefficient (Wildman–Crippen LogP) is 2.60. The van der Waals surface area contributed by atoms with E-state index >= 15 is 0 Å². The summed E-state index contributed by atoms with van der Waals surface area (Å²) in [5, 5.41) is 0.465. The van der Waals surface area contributed by atoms with Crippen LogP contribution < -0.4 is 11.2 Å². The number of amides is 2. The fraction of sp³-hybridized carbons (Fsp3) is 0.227. The van der Waals surface area contributed by atoms with Crippen molar-refractivity contribution in [1.82, 2.24) is 4.90 Å². The number of likely N-dealkylation sites (tertiary alicyclic amines) is 1. The number of rotatable bonds is 4. The van der Waals surface area contributed by atoms with Gasteiger partial charge in [-0.05, 0) is 48.6 Å². The molecule has 2 aromatic carbocycles. The van der Waals surface area contributed by atoms with Gasteiger partial charge in [0.1, 0.15) is 5.58 Å². The monoisotopic (exact) mass is 376 g/mol. The maximum Gasteiger partial charge on any atom is 0.289 e. The van der Waals surface area contributed by atoms with E-state index in [1.807, 2.05) is 12.1 Å². The van der Waals surface area contributed by atoms with Crippen LogP contribution in [-0.4, -0.2) is 29.8 Å². The number of nitrogens with zero attached hydrogens (tertiary/aromatic N) is 1. The second-order valence-electron chi connectivity index (χ2n) is 7.15. The third-order valence-corrected chi connectivity index (χ3v) is 5.15. The highest BCUT2D eigenvalue weighted by Crippen LogP contribution is 2.23. The van der Waals surface area contributed by atoms with Crippen molar-refractivity contribution in [1.29, 1.82) is 0 Å². The van der Waals surface area contributed by atoms with Crippen molar-refractivity contribution < 1.29 is 14.0 Å². The number of nitrogens with two attached hydrogens (primary N) is 1. The zero-order valence-electron chi connectivity index (χ0n) is 15.3. The van der Waals surface area contributed by atoms with Crippen LogP contribution in [0.1, 0.15) is 32.9 Å². The van der Waals surface area contributed by atoms with E-state index in [4.69, 9.17) is 10.2 Å².